The number of rotatable bonds is 10. The molecule has 178 valence electrons. The van der Waals surface area contributed by atoms with Crippen LogP contribution in [0.5, 0.6) is 5.75 Å². The van der Waals surface area contributed by atoms with Gasteiger partial charge in [-0.2, -0.15) is 0 Å². The van der Waals surface area contributed by atoms with Gasteiger partial charge in [-0.3, -0.25) is 10.1 Å². The molecule has 1 fully saturated rings. The monoisotopic (exact) mass is 460 g/mol. The summed E-state index contributed by atoms with van der Waals surface area (Å²) in [5.41, 5.74) is 3.63. The van der Waals surface area contributed by atoms with E-state index in [1.54, 1.807) is 18.2 Å². The van der Waals surface area contributed by atoms with Gasteiger partial charge in [-0.05, 0) is 43.4 Å². The molecule has 0 amide bonds. The fourth-order valence-electron chi connectivity index (χ4n) is 4.38. The summed E-state index contributed by atoms with van der Waals surface area (Å²) < 4.78 is 12.3. The van der Waals surface area contributed by atoms with Crippen LogP contribution < -0.4 is 4.74 Å². The minimum Gasteiger partial charge on any atom is -0.487 e. The molecular formula is C28H32N2O4. The Hall–Kier alpha value is -3.22. The number of nitro benzene ring substituents is 1. The van der Waals surface area contributed by atoms with Crippen LogP contribution in [0.15, 0.2) is 78.9 Å². The van der Waals surface area contributed by atoms with E-state index in [9.17, 15) is 10.1 Å². The molecule has 1 unspecified atom stereocenters. The Bertz CT molecular complexity index is 1050. The van der Waals surface area contributed by atoms with Crippen molar-refractivity contribution >= 4 is 5.69 Å². The Labute approximate surface area is 201 Å². The summed E-state index contributed by atoms with van der Waals surface area (Å²) in [5.74, 6) is 0.336. The van der Waals surface area contributed by atoms with E-state index in [1.807, 2.05) is 6.07 Å². The van der Waals surface area contributed by atoms with Gasteiger partial charge in [0.1, 0.15) is 6.10 Å². The summed E-state index contributed by atoms with van der Waals surface area (Å²) in [6, 6.07) is 25.6. The van der Waals surface area contributed by atoms with Gasteiger partial charge < -0.3 is 14.4 Å². The van der Waals surface area contributed by atoms with Crippen LogP contribution >= 0.6 is 0 Å². The van der Waals surface area contributed by atoms with Gasteiger partial charge in [0.2, 0.25) is 0 Å². The highest BCUT2D eigenvalue weighted by Crippen LogP contribution is 2.30. The lowest BCUT2D eigenvalue weighted by molar-refractivity contribution is -0.385. The average Bonchev–Trinajstić information content (AvgIpc) is 2.87. The van der Waals surface area contributed by atoms with Crippen LogP contribution in [-0.2, 0) is 4.74 Å². The van der Waals surface area contributed by atoms with Gasteiger partial charge in [-0.25, -0.2) is 0 Å². The maximum atomic E-state index is 11.1. The SMILES string of the molecule is Cc1ccc(C(OC2CCN(CCCOc3ccccc3[N+](=O)[O-])CC2)c2ccccc2)cc1. The zero-order chi connectivity index (χ0) is 23.8. The maximum Gasteiger partial charge on any atom is 0.310 e. The van der Waals surface area contributed by atoms with Crippen molar-refractivity contribution in [2.75, 3.05) is 26.2 Å². The fraction of sp³-hybridized carbons (Fsp3) is 0.357. The van der Waals surface area contributed by atoms with E-state index in [1.165, 1.54) is 22.8 Å². The lowest BCUT2D eigenvalue weighted by Gasteiger charge is -2.34. The highest BCUT2D eigenvalue weighted by Gasteiger charge is 2.24. The molecule has 1 atom stereocenters. The van der Waals surface area contributed by atoms with Crippen molar-refractivity contribution in [3.63, 3.8) is 0 Å². The molecule has 0 aromatic heterocycles. The first kappa shape index (κ1) is 23.9. The predicted molar refractivity (Wildman–Crippen MR) is 133 cm³/mol. The molecule has 0 N–H and O–H groups in total. The highest BCUT2D eigenvalue weighted by atomic mass is 16.6. The first-order valence-corrected chi connectivity index (χ1v) is 12.0. The molecule has 1 saturated heterocycles. The van der Waals surface area contributed by atoms with E-state index in [4.69, 9.17) is 9.47 Å². The Morgan fingerprint density at radius 3 is 2.29 bits per heavy atom. The standard InChI is InChI=1S/C28H32N2O4/c1-22-12-14-24(15-13-22)28(23-8-3-2-4-9-23)34-25-16-19-29(20-17-25)18-7-21-33-27-11-6-5-10-26(27)30(31)32/h2-6,8-15,25,28H,7,16-21H2,1H3. The zero-order valence-electron chi connectivity index (χ0n) is 19.6. The van der Waals surface area contributed by atoms with Crippen molar-refractivity contribution in [1.82, 2.24) is 4.90 Å². The zero-order valence-corrected chi connectivity index (χ0v) is 19.6. The molecule has 0 saturated carbocycles. The van der Waals surface area contributed by atoms with Crippen molar-refractivity contribution < 1.29 is 14.4 Å². The van der Waals surface area contributed by atoms with E-state index in [0.717, 1.165) is 38.9 Å². The van der Waals surface area contributed by atoms with Gasteiger partial charge in [0.25, 0.3) is 0 Å². The normalized spacial score (nSPS) is 15.7. The number of aryl methyl sites for hydroxylation is 1. The molecule has 34 heavy (non-hydrogen) atoms. The number of ether oxygens (including phenoxy) is 2. The molecule has 0 bridgehead atoms. The minimum atomic E-state index is -0.403. The van der Waals surface area contributed by atoms with E-state index in [2.05, 4.69) is 60.4 Å². The van der Waals surface area contributed by atoms with Crippen molar-refractivity contribution in [3.05, 3.63) is 106 Å². The molecule has 1 heterocycles. The number of benzene rings is 3. The summed E-state index contributed by atoms with van der Waals surface area (Å²) in [6.07, 6.45) is 2.95. The average molecular weight is 461 g/mol. The third-order valence-electron chi connectivity index (χ3n) is 6.28. The Kier molecular flexibility index (Phi) is 8.28. The molecule has 1 aliphatic rings. The van der Waals surface area contributed by atoms with Crippen LogP contribution in [-0.4, -0.2) is 42.2 Å². The van der Waals surface area contributed by atoms with Gasteiger partial charge in [0.05, 0.1) is 17.6 Å². The summed E-state index contributed by atoms with van der Waals surface area (Å²) in [5, 5.41) is 11.1. The quantitative estimate of drug-likeness (QED) is 0.213. The fourth-order valence-corrected chi connectivity index (χ4v) is 4.38. The van der Waals surface area contributed by atoms with Crippen molar-refractivity contribution in [3.8, 4) is 5.75 Å². The molecule has 4 rings (SSSR count). The number of likely N-dealkylation sites (tertiary alicyclic amines) is 1. The first-order chi connectivity index (χ1) is 16.6. The topological polar surface area (TPSA) is 64.8 Å². The number of nitrogens with zero attached hydrogens (tertiary/aromatic N) is 2. The summed E-state index contributed by atoms with van der Waals surface area (Å²) in [7, 11) is 0. The Morgan fingerprint density at radius 2 is 1.59 bits per heavy atom. The molecule has 0 radical (unpaired) electrons. The van der Waals surface area contributed by atoms with E-state index in [0.29, 0.717) is 12.4 Å². The Balaban J connectivity index is 1.26. The molecule has 6 heteroatoms. The molecule has 1 aliphatic heterocycles. The smallest absolute Gasteiger partial charge is 0.310 e. The van der Waals surface area contributed by atoms with Crippen LogP contribution in [0, 0.1) is 17.0 Å². The molecule has 0 aliphatic carbocycles. The number of para-hydroxylation sites is 2. The van der Waals surface area contributed by atoms with E-state index in [-0.39, 0.29) is 17.9 Å². The second-order valence-electron chi connectivity index (χ2n) is 8.81. The van der Waals surface area contributed by atoms with Crippen molar-refractivity contribution in [2.24, 2.45) is 0 Å². The minimum absolute atomic E-state index is 0.0158. The summed E-state index contributed by atoms with van der Waals surface area (Å²) in [4.78, 5) is 13.1. The number of hydrogen-bond donors (Lipinski definition) is 0. The van der Waals surface area contributed by atoms with Crippen molar-refractivity contribution in [1.29, 1.82) is 0 Å². The van der Waals surface area contributed by atoms with Gasteiger partial charge in [-0.1, -0.05) is 72.3 Å². The van der Waals surface area contributed by atoms with Gasteiger partial charge in [-0.15, -0.1) is 0 Å². The Morgan fingerprint density at radius 1 is 0.941 bits per heavy atom. The number of hydrogen-bond acceptors (Lipinski definition) is 5. The van der Waals surface area contributed by atoms with Gasteiger partial charge in [0, 0.05) is 25.7 Å². The summed E-state index contributed by atoms with van der Waals surface area (Å²) in [6.45, 7) is 5.43. The largest absolute Gasteiger partial charge is 0.487 e. The number of nitro groups is 1. The van der Waals surface area contributed by atoms with Crippen LogP contribution in [0.3, 0.4) is 0 Å². The van der Waals surface area contributed by atoms with Gasteiger partial charge in [0.15, 0.2) is 5.75 Å². The molecule has 0 spiro atoms. The predicted octanol–water partition coefficient (Wildman–Crippen LogP) is 5.94. The first-order valence-electron chi connectivity index (χ1n) is 12.0. The van der Waals surface area contributed by atoms with Crippen LogP contribution in [0.25, 0.3) is 0 Å². The second-order valence-corrected chi connectivity index (χ2v) is 8.81. The lowest BCUT2D eigenvalue weighted by Crippen LogP contribution is -2.38. The third-order valence-corrected chi connectivity index (χ3v) is 6.28. The van der Waals surface area contributed by atoms with E-state index >= 15 is 0 Å². The molecular weight excluding hydrogens is 428 g/mol. The maximum absolute atomic E-state index is 11.1. The molecule has 3 aromatic carbocycles. The van der Waals surface area contributed by atoms with Crippen LogP contribution in [0.1, 0.15) is 42.1 Å². The molecule has 6 nitrogen and oxygen atoms in total. The van der Waals surface area contributed by atoms with E-state index < -0.39 is 4.92 Å². The number of piperidine rings is 1. The molecule has 3 aromatic rings. The van der Waals surface area contributed by atoms with Crippen LogP contribution in [0.2, 0.25) is 0 Å². The highest BCUT2D eigenvalue weighted by molar-refractivity contribution is 5.45. The van der Waals surface area contributed by atoms with Gasteiger partial charge >= 0.3 is 5.69 Å². The second kappa shape index (κ2) is 11.8. The van der Waals surface area contributed by atoms with Crippen LogP contribution in [0.4, 0.5) is 5.69 Å². The third kappa shape index (κ3) is 6.43. The lowest BCUT2D eigenvalue weighted by atomic mass is 9.99. The van der Waals surface area contributed by atoms with Crippen molar-refractivity contribution in [2.45, 2.75) is 38.4 Å². The summed E-state index contributed by atoms with van der Waals surface area (Å²) >= 11 is 0.